The minimum atomic E-state index is -0.630. The van der Waals surface area contributed by atoms with Crippen molar-refractivity contribution in [3.05, 3.63) is 65.0 Å². The standard InChI is InChI=1S/C15H12FN3O2/c16-13-7-10(8-17)5-6-14(13)21-9-11-3-1-2-4-12(11)15(20)19-18/h1-7H,9,18H2,(H,19,20). The number of carbonyl (C=O) groups is 1. The summed E-state index contributed by atoms with van der Waals surface area (Å²) in [5.41, 5.74) is 3.18. The molecule has 0 aliphatic rings. The van der Waals surface area contributed by atoms with Crippen LogP contribution in [0.15, 0.2) is 42.5 Å². The fourth-order valence-electron chi connectivity index (χ4n) is 1.79. The third-order valence-electron chi connectivity index (χ3n) is 2.84. The van der Waals surface area contributed by atoms with Crippen LogP contribution in [0.2, 0.25) is 0 Å². The Labute approximate surface area is 120 Å². The van der Waals surface area contributed by atoms with Gasteiger partial charge in [-0.25, -0.2) is 10.2 Å². The van der Waals surface area contributed by atoms with E-state index in [-0.39, 0.29) is 17.9 Å². The second-order valence-corrected chi connectivity index (χ2v) is 4.18. The van der Waals surface area contributed by atoms with Gasteiger partial charge in [0.25, 0.3) is 5.91 Å². The lowest BCUT2D eigenvalue weighted by Gasteiger charge is -2.10. The van der Waals surface area contributed by atoms with Crippen molar-refractivity contribution in [1.82, 2.24) is 5.43 Å². The highest BCUT2D eigenvalue weighted by Gasteiger charge is 2.11. The molecule has 0 radical (unpaired) electrons. The Morgan fingerprint density at radius 1 is 1.33 bits per heavy atom. The zero-order valence-electron chi connectivity index (χ0n) is 11.0. The Kier molecular flexibility index (Phi) is 4.49. The molecule has 106 valence electrons. The maximum Gasteiger partial charge on any atom is 0.265 e. The van der Waals surface area contributed by atoms with Crippen LogP contribution in [0.25, 0.3) is 0 Å². The normalized spacial score (nSPS) is 9.76. The van der Waals surface area contributed by atoms with Crippen LogP contribution in [-0.4, -0.2) is 5.91 Å². The highest BCUT2D eigenvalue weighted by atomic mass is 19.1. The number of hydrazine groups is 1. The summed E-state index contributed by atoms with van der Waals surface area (Å²) in [6.45, 7) is 0.00636. The molecule has 0 heterocycles. The topological polar surface area (TPSA) is 88.1 Å². The summed E-state index contributed by atoms with van der Waals surface area (Å²) in [7, 11) is 0. The number of rotatable bonds is 4. The van der Waals surface area contributed by atoms with E-state index in [1.165, 1.54) is 12.1 Å². The molecule has 21 heavy (non-hydrogen) atoms. The van der Waals surface area contributed by atoms with E-state index in [1.54, 1.807) is 24.3 Å². The second kappa shape index (κ2) is 6.50. The van der Waals surface area contributed by atoms with Crippen molar-refractivity contribution in [3.63, 3.8) is 0 Å². The first-order valence-electron chi connectivity index (χ1n) is 6.07. The number of ether oxygens (including phenoxy) is 1. The molecule has 2 aromatic rings. The number of carbonyl (C=O) groups excluding carboxylic acids is 1. The lowest BCUT2D eigenvalue weighted by atomic mass is 10.1. The lowest BCUT2D eigenvalue weighted by molar-refractivity contribution is 0.0951. The first-order chi connectivity index (χ1) is 10.2. The highest BCUT2D eigenvalue weighted by Crippen LogP contribution is 2.20. The largest absolute Gasteiger partial charge is 0.486 e. The van der Waals surface area contributed by atoms with E-state index < -0.39 is 11.7 Å². The molecule has 0 aliphatic carbocycles. The lowest BCUT2D eigenvalue weighted by Crippen LogP contribution is -2.30. The summed E-state index contributed by atoms with van der Waals surface area (Å²) >= 11 is 0. The quantitative estimate of drug-likeness (QED) is 0.510. The average Bonchev–Trinajstić information content (AvgIpc) is 2.53. The molecule has 2 aromatic carbocycles. The van der Waals surface area contributed by atoms with Crippen LogP contribution in [0.5, 0.6) is 5.75 Å². The Hall–Kier alpha value is -2.91. The maximum atomic E-state index is 13.7. The van der Waals surface area contributed by atoms with Gasteiger partial charge in [0.2, 0.25) is 0 Å². The van der Waals surface area contributed by atoms with Crippen LogP contribution in [0.3, 0.4) is 0 Å². The van der Waals surface area contributed by atoms with Crippen LogP contribution < -0.4 is 16.0 Å². The average molecular weight is 285 g/mol. The fourth-order valence-corrected chi connectivity index (χ4v) is 1.79. The molecule has 0 atom stereocenters. The van der Waals surface area contributed by atoms with Crippen molar-refractivity contribution in [2.45, 2.75) is 6.61 Å². The first kappa shape index (κ1) is 14.5. The molecule has 5 nitrogen and oxygen atoms in total. The van der Waals surface area contributed by atoms with E-state index in [9.17, 15) is 9.18 Å². The van der Waals surface area contributed by atoms with Crippen molar-refractivity contribution in [2.24, 2.45) is 5.84 Å². The van der Waals surface area contributed by atoms with Crippen LogP contribution in [0, 0.1) is 17.1 Å². The maximum absolute atomic E-state index is 13.7. The molecular formula is C15H12FN3O2. The number of hydrogen-bond acceptors (Lipinski definition) is 4. The molecule has 0 aromatic heterocycles. The van der Waals surface area contributed by atoms with E-state index in [0.29, 0.717) is 11.1 Å². The van der Waals surface area contributed by atoms with Gasteiger partial charge in [-0.15, -0.1) is 0 Å². The second-order valence-electron chi connectivity index (χ2n) is 4.18. The van der Waals surface area contributed by atoms with Crippen molar-refractivity contribution in [3.8, 4) is 11.8 Å². The summed E-state index contributed by atoms with van der Waals surface area (Å²) in [5.74, 6) is 4.04. The summed E-state index contributed by atoms with van der Waals surface area (Å²) < 4.78 is 19.0. The van der Waals surface area contributed by atoms with Gasteiger partial charge in [-0.05, 0) is 24.3 Å². The molecule has 0 fully saturated rings. The van der Waals surface area contributed by atoms with Gasteiger partial charge in [0.05, 0.1) is 11.6 Å². The highest BCUT2D eigenvalue weighted by molar-refractivity contribution is 5.95. The number of nitrogen functional groups attached to an aromatic ring is 1. The Morgan fingerprint density at radius 3 is 2.76 bits per heavy atom. The van der Waals surface area contributed by atoms with Gasteiger partial charge >= 0.3 is 0 Å². The molecule has 1 amide bonds. The monoisotopic (exact) mass is 285 g/mol. The molecule has 3 N–H and O–H groups in total. The molecular weight excluding hydrogens is 273 g/mol. The smallest absolute Gasteiger partial charge is 0.265 e. The third-order valence-corrected chi connectivity index (χ3v) is 2.84. The van der Waals surface area contributed by atoms with Gasteiger partial charge in [0.1, 0.15) is 6.61 Å². The number of nitrogens with one attached hydrogen (secondary N) is 1. The number of amides is 1. The van der Waals surface area contributed by atoms with Crippen LogP contribution in [0.4, 0.5) is 4.39 Å². The van der Waals surface area contributed by atoms with Crippen molar-refractivity contribution < 1.29 is 13.9 Å². The van der Waals surface area contributed by atoms with Crippen molar-refractivity contribution in [1.29, 1.82) is 5.26 Å². The molecule has 0 saturated carbocycles. The predicted octanol–water partition coefficient (Wildman–Crippen LogP) is 1.88. The number of halogens is 1. The zero-order valence-corrected chi connectivity index (χ0v) is 11.0. The number of nitrogens with zero attached hydrogens (tertiary/aromatic N) is 1. The Bertz CT molecular complexity index is 710. The van der Waals surface area contributed by atoms with Crippen molar-refractivity contribution in [2.75, 3.05) is 0 Å². The van der Waals surface area contributed by atoms with E-state index in [2.05, 4.69) is 0 Å². The van der Waals surface area contributed by atoms with Gasteiger partial charge in [-0.1, -0.05) is 18.2 Å². The van der Waals surface area contributed by atoms with Gasteiger partial charge in [0, 0.05) is 11.1 Å². The fraction of sp³-hybridized carbons (Fsp3) is 0.0667. The Balaban J connectivity index is 2.17. The van der Waals surface area contributed by atoms with Gasteiger partial charge < -0.3 is 4.74 Å². The number of nitrogens with two attached hydrogens (primary N) is 1. The molecule has 0 unspecified atom stereocenters. The molecule has 2 rings (SSSR count). The molecule has 0 spiro atoms. The van der Waals surface area contributed by atoms with Gasteiger partial charge in [0.15, 0.2) is 11.6 Å². The number of benzene rings is 2. The summed E-state index contributed by atoms with van der Waals surface area (Å²) in [6.07, 6.45) is 0. The van der Waals surface area contributed by atoms with Gasteiger partial charge in [-0.2, -0.15) is 5.26 Å². The SMILES string of the molecule is N#Cc1ccc(OCc2ccccc2C(=O)NN)c(F)c1. The first-order valence-corrected chi connectivity index (χ1v) is 6.07. The van der Waals surface area contributed by atoms with Crippen LogP contribution in [0.1, 0.15) is 21.5 Å². The molecule has 0 aliphatic heterocycles. The van der Waals surface area contributed by atoms with E-state index in [1.807, 2.05) is 11.5 Å². The van der Waals surface area contributed by atoms with E-state index >= 15 is 0 Å². The molecule has 0 saturated heterocycles. The van der Waals surface area contributed by atoms with Crippen molar-refractivity contribution >= 4 is 5.91 Å². The van der Waals surface area contributed by atoms with Crippen LogP contribution >= 0.6 is 0 Å². The number of nitriles is 1. The summed E-state index contributed by atoms with van der Waals surface area (Å²) in [6, 6.07) is 12.5. The van der Waals surface area contributed by atoms with Crippen LogP contribution in [-0.2, 0) is 6.61 Å². The zero-order chi connectivity index (χ0) is 15.2. The number of hydrogen-bond donors (Lipinski definition) is 2. The molecule has 6 heteroatoms. The molecule has 0 bridgehead atoms. The minimum absolute atomic E-state index is 0.00636. The summed E-state index contributed by atoms with van der Waals surface area (Å²) in [4.78, 5) is 11.6. The van der Waals surface area contributed by atoms with E-state index in [0.717, 1.165) is 6.07 Å². The summed E-state index contributed by atoms with van der Waals surface area (Å²) in [5, 5.41) is 8.67. The van der Waals surface area contributed by atoms with Gasteiger partial charge in [-0.3, -0.25) is 10.2 Å². The Morgan fingerprint density at radius 2 is 2.10 bits per heavy atom. The predicted molar refractivity (Wildman–Crippen MR) is 73.5 cm³/mol. The van der Waals surface area contributed by atoms with E-state index in [4.69, 9.17) is 15.8 Å². The third kappa shape index (κ3) is 3.35. The minimum Gasteiger partial charge on any atom is -0.486 e.